The van der Waals surface area contributed by atoms with Crippen molar-refractivity contribution >= 4 is 29.1 Å². The molecule has 166 valence electrons. The number of carbonyl (C=O) groups excluding carboxylic acids is 3. The van der Waals surface area contributed by atoms with Crippen molar-refractivity contribution in [2.45, 2.75) is 13.0 Å². The minimum Gasteiger partial charge on any atom is -0.497 e. The van der Waals surface area contributed by atoms with Crippen LogP contribution in [0.2, 0.25) is 0 Å². The summed E-state index contributed by atoms with van der Waals surface area (Å²) in [6, 6.07) is 13.7. The molecule has 2 aromatic carbocycles. The lowest BCUT2D eigenvalue weighted by molar-refractivity contribution is -0.117. The van der Waals surface area contributed by atoms with Gasteiger partial charge in [-0.2, -0.15) is 0 Å². The Hall–Kier alpha value is -4.27. The van der Waals surface area contributed by atoms with Gasteiger partial charge in [0.05, 0.1) is 37.4 Å². The molecule has 0 aliphatic carbocycles. The fourth-order valence-corrected chi connectivity index (χ4v) is 2.86. The van der Waals surface area contributed by atoms with E-state index in [0.717, 1.165) is 0 Å². The van der Waals surface area contributed by atoms with Crippen molar-refractivity contribution in [1.82, 2.24) is 5.32 Å². The highest BCUT2D eigenvalue weighted by Crippen LogP contribution is 2.30. The van der Waals surface area contributed by atoms with Gasteiger partial charge in [0, 0.05) is 6.07 Å². The fourth-order valence-electron chi connectivity index (χ4n) is 2.86. The molecular formula is C23H23N3O6. The van der Waals surface area contributed by atoms with E-state index >= 15 is 0 Å². The van der Waals surface area contributed by atoms with Crippen LogP contribution < -0.4 is 25.4 Å². The first-order valence-electron chi connectivity index (χ1n) is 9.70. The number of hydrogen-bond donors (Lipinski definition) is 3. The largest absolute Gasteiger partial charge is 0.497 e. The first-order chi connectivity index (χ1) is 15.4. The first-order valence-corrected chi connectivity index (χ1v) is 9.70. The summed E-state index contributed by atoms with van der Waals surface area (Å²) >= 11 is 0. The maximum atomic E-state index is 12.9. The zero-order valence-electron chi connectivity index (χ0n) is 17.8. The standard InChI is InChI=1S/C23H23N3O6/c1-14(24-23(29)19-9-6-12-32-19)21(27)25-17-8-5-4-7-16(17)22(28)26-18-11-10-15(30-2)13-20(18)31-3/h4-14H,1-3H3,(H,24,29)(H,25,27)(H,26,28). The molecule has 3 N–H and O–H groups in total. The topological polar surface area (TPSA) is 119 Å². The number of furan rings is 1. The highest BCUT2D eigenvalue weighted by molar-refractivity contribution is 6.11. The molecule has 0 aliphatic rings. The smallest absolute Gasteiger partial charge is 0.287 e. The number of nitrogens with one attached hydrogen (secondary N) is 3. The lowest BCUT2D eigenvalue weighted by atomic mass is 10.1. The Kier molecular flexibility index (Phi) is 7.12. The summed E-state index contributed by atoms with van der Waals surface area (Å²) in [5.41, 5.74) is 0.975. The highest BCUT2D eigenvalue weighted by atomic mass is 16.5. The predicted octanol–water partition coefficient (Wildman–Crippen LogP) is 3.31. The van der Waals surface area contributed by atoms with Crippen molar-refractivity contribution in [3.8, 4) is 11.5 Å². The second kappa shape index (κ2) is 10.2. The molecule has 1 aromatic heterocycles. The number of rotatable bonds is 8. The van der Waals surface area contributed by atoms with Crippen LogP contribution in [-0.2, 0) is 4.79 Å². The molecule has 0 saturated heterocycles. The van der Waals surface area contributed by atoms with Crippen LogP contribution in [0.15, 0.2) is 65.3 Å². The van der Waals surface area contributed by atoms with E-state index < -0.39 is 23.8 Å². The third-order valence-corrected chi connectivity index (χ3v) is 4.57. The van der Waals surface area contributed by atoms with Crippen molar-refractivity contribution in [3.05, 3.63) is 72.2 Å². The molecule has 0 spiro atoms. The van der Waals surface area contributed by atoms with Gasteiger partial charge in [0.15, 0.2) is 5.76 Å². The van der Waals surface area contributed by atoms with Crippen LogP contribution in [0.5, 0.6) is 11.5 Å². The Morgan fingerprint density at radius 3 is 2.34 bits per heavy atom. The van der Waals surface area contributed by atoms with Crippen LogP contribution >= 0.6 is 0 Å². The van der Waals surface area contributed by atoms with Gasteiger partial charge in [-0.05, 0) is 43.3 Å². The summed E-state index contributed by atoms with van der Waals surface area (Å²) in [5.74, 6) is -0.358. The van der Waals surface area contributed by atoms with E-state index in [-0.39, 0.29) is 11.3 Å². The molecule has 0 saturated carbocycles. The molecule has 1 unspecified atom stereocenters. The van der Waals surface area contributed by atoms with Crippen molar-refractivity contribution < 1.29 is 28.3 Å². The van der Waals surface area contributed by atoms with Crippen molar-refractivity contribution in [2.24, 2.45) is 0 Å². The lowest BCUT2D eigenvalue weighted by Crippen LogP contribution is -2.41. The molecule has 1 heterocycles. The first kappa shape index (κ1) is 22.4. The maximum Gasteiger partial charge on any atom is 0.287 e. The minimum atomic E-state index is -0.870. The van der Waals surface area contributed by atoms with Crippen LogP contribution in [0.4, 0.5) is 11.4 Å². The van der Waals surface area contributed by atoms with E-state index in [1.807, 2.05) is 0 Å². The zero-order valence-corrected chi connectivity index (χ0v) is 17.8. The molecule has 0 radical (unpaired) electrons. The maximum absolute atomic E-state index is 12.9. The van der Waals surface area contributed by atoms with Crippen LogP contribution in [0.1, 0.15) is 27.8 Å². The van der Waals surface area contributed by atoms with E-state index in [0.29, 0.717) is 22.9 Å². The van der Waals surface area contributed by atoms with Crippen molar-refractivity contribution in [1.29, 1.82) is 0 Å². The average molecular weight is 437 g/mol. The number of ether oxygens (including phenoxy) is 2. The van der Waals surface area contributed by atoms with Gasteiger partial charge < -0.3 is 29.8 Å². The monoisotopic (exact) mass is 437 g/mol. The van der Waals surface area contributed by atoms with E-state index in [1.54, 1.807) is 48.5 Å². The Morgan fingerprint density at radius 1 is 0.875 bits per heavy atom. The van der Waals surface area contributed by atoms with Gasteiger partial charge in [-0.3, -0.25) is 14.4 Å². The third kappa shape index (κ3) is 5.25. The number of benzene rings is 2. The number of para-hydroxylation sites is 1. The van der Waals surface area contributed by atoms with Gasteiger partial charge >= 0.3 is 0 Å². The normalized spacial score (nSPS) is 11.2. The predicted molar refractivity (Wildman–Crippen MR) is 118 cm³/mol. The Morgan fingerprint density at radius 2 is 1.66 bits per heavy atom. The summed E-state index contributed by atoms with van der Waals surface area (Å²) in [4.78, 5) is 37.6. The van der Waals surface area contributed by atoms with E-state index in [2.05, 4.69) is 16.0 Å². The van der Waals surface area contributed by atoms with E-state index in [4.69, 9.17) is 13.9 Å². The summed E-state index contributed by atoms with van der Waals surface area (Å²) in [7, 11) is 3.01. The third-order valence-electron chi connectivity index (χ3n) is 4.57. The minimum absolute atomic E-state index is 0.0952. The lowest BCUT2D eigenvalue weighted by Gasteiger charge is -2.16. The molecule has 3 aromatic rings. The average Bonchev–Trinajstić information content (AvgIpc) is 3.34. The van der Waals surface area contributed by atoms with E-state index in [9.17, 15) is 14.4 Å². The number of methoxy groups -OCH3 is 2. The second-order valence-electron chi connectivity index (χ2n) is 6.73. The molecule has 0 bridgehead atoms. The quantitative estimate of drug-likeness (QED) is 0.498. The Bertz CT molecular complexity index is 1110. The van der Waals surface area contributed by atoms with Crippen LogP contribution in [0.25, 0.3) is 0 Å². The van der Waals surface area contributed by atoms with Gasteiger partial charge in [0.25, 0.3) is 11.8 Å². The number of carbonyl (C=O) groups is 3. The molecule has 1 atom stereocenters. The molecule has 9 nitrogen and oxygen atoms in total. The summed E-state index contributed by atoms with van der Waals surface area (Å²) in [5, 5.41) is 7.99. The van der Waals surface area contributed by atoms with Gasteiger partial charge in [0.2, 0.25) is 5.91 Å². The van der Waals surface area contributed by atoms with Gasteiger partial charge in [-0.1, -0.05) is 12.1 Å². The Balaban J connectivity index is 1.72. The van der Waals surface area contributed by atoms with Crippen LogP contribution in [-0.4, -0.2) is 38.0 Å². The molecule has 0 aliphatic heterocycles. The molecule has 3 amide bonds. The zero-order chi connectivity index (χ0) is 23.1. The number of amides is 3. The number of hydrogen-bond acceptors (Lipinski definition) is 6. The van der Waals surface area contributed by atoms with Gasteiger partial charge in [0.1, 0.15) is 17.5 Å². The van der Waals surface area contributed by atoms with Gasteiger partial charge in [-0.25, -0.2) is 0 Å². The molecular weight excluding hydrogens is 414 g/mol. The second-order valence-corrected chi connectivity index (χ2v) is 6.73. The summed E-state index contributed by atoms with van der Waals surface area (Å²) in [6.45, 7) is 1.53. The van der Waals surface area contributed by atoms with Crippen LogP contribution in [0, 0.1) is 0 Å². The Labute approximate surface area is 184 Å². The molecule has 3 rings (SSSR count). The number of anilines is 2. The van der Waals surface area contributed by atoms with E-state index in [1.165, 1.54) is 33.5 Å². The van der Waals surface area contributed by atoms with Crippen molar-refractivity contribution in [3.63, 3.8) is 0 Å². The van der Waals surface area contributed by atoms with Crippen molar-refractivity contribution in [2.75, 3.05) is 24.9 Å². The van der Waals surface area contributed by atoms with Gasteiger partial charge in [-0.15, -0.1) is 0 Å². The molecule has 32 heavy (non-hydrogen) atoms. The summed E-state index contributed by atoms with van der Waals surface area (Å²) < 4.78 is 15.5. The summed E-state index contributed by atoms with van der Waals surface area (Å²) in [6.07, 6.45) is 1.37. The van der Waals surface area contributed by atoms with Crippen LogP contribution in [0.3, 0.4) is 0 Å². The molecule has 0 fully saturated rings. The molecule has 9 heteroatoms. The SMILES string of the molecule is COc1ccc(NC(=O)c2ccccc2NC(=O)C(C)NC(=O)c2ccco2)c(OC)c1. The highest BCUT2D eigenvalue weighted by Gasteiger charge is 2.21. The fraction of sp³-hybridized carbons (Fsp3) is 0.174.